The summed E-state index contributed by atoms with van der Waals surface area (Å²) in [5, 5.41) is 1.61. The monoisotopic (exact) mass is 238 g/mol. The summed E-state index contributed by atoms with van der Waals surface area (Å²) in [6.07, 6.45) is -1.05. The first-order chi connectivity index (χ1) is 7.84. The molecule has 0 aliphatic carbocycles. The van der Waals surface area contributed by atoms with Crippen LogP contribution in [0, 0.1) is 0 Å². The number of hydrazine groups is 12. The molecule has 0 amide bonds. The summed E-state index contributed by atoms with van der Waals surface area (Å²) >= 11 is 0. The molecule has 2 fully saturated rings. The van der Waals surface area contributed by atoms with Crippen molar-refractivity contribution in [1.82, 2.24) is 65.9 Å². The fraction of sp³-hybridized carbons (Fsp3) is 0. The van der Waals surface area contributed by atoms with Crippen LogP contribution in [0.1, 0.15) is 0 Å². The second-order valence-electron chi connectivity index (χ2n) is 2.22. The molecule has 15 nitrogen and oxygen atoms in total. The quantitative estimate of drug-likeness (QED) is 0.221. The van der Waals surface area contributed by atoms with Crippen LogP contribution in [0.15, 0.2) is 0 Å². The van der Waals surface area contributed by atoms with Gasteiger partial charge in [-0.1, -0.05) is 0 Å². The van der Waals surface area contributed by atoms with Crippen molar-refractivity contribution in [1.29, 1.82) is 0 Å². The molecule has 0 spiro atoms. The van der Waals surface area contributed by atoms with Crippen molar-refractivity contribution in [2.24, 2.45) is 0 Å². The van der Waals surface area contributed by atoms with Gasteiger partial charge in [0, 0.05) is 10.6 Å². The molecule has 0 saturated carbocycles. The molecule has 0 atom stereocenters. The van der Waals surface area contributed by atoms with Crippen LogP contribution in [-0.2, 0) is 9.68 Å². The second kappa shape index (κ2) is 5.76. The zero-order valence-electron chi connectivity index (χ0n) is 7.62. The van der Waals surface area contributed by atoms with Crippen molar-refractivity contribution in [3.05, 3.63) is 0 Å². The number of nitrogens with one attached hydrogen (secondary N) is 10. The Kier molecular flexibility index (Phi) is 4.06. The summed E-state index contributed by atoms with van der Waals surface area (Å²) in [5.74, 6) is 0. The molecule has 2 saturated heterocycles. The minimum absolute atomic E-state index is 0.807. The lowest BCUT2D eigenvalue weighted by molar-refractivity contribution is -0.293. The van der Waals surface area contributed by atoms with E-state index in [9.17, 15) is 4.79 Å². The molecule has 0 radical (unpaired) electrons. The van der Waals surface area contributed by atoms with E-state index >= 15 is 0 Å². The topological polar surface area (TPSA) is 162 Å². The van der Waals surface area contributed by atoms with E-state index in [1.54, 1.807) is 0 Å². The van der Waals surface area contributed by atoms with E-state index in [0.717, 1.165) is 10.6 Å². The van der Waals surface area contributed by atoms with E-state index in [4.69, 9.17) is 0 Å². The average molecular weight is 238 g/mol. The van der Waals surface area contributed by atoms with Gasteiger partial charge in [0.25, 0.3) is 0 Å². The molecule has 0 unspecified atom stereocenters. The van der Waals surface area contributed by atoms with Crippen LogP contribution < -0.4 is 55.3 Å². The Labute approximate surface area is 87.7 Å². The molecule has 0 bridgehead atoms. The van der Waals surface area contributed by atoms with E-state index < -0.39 is 6.16 Å². The van der Waals surface area contributed by atoms with Gasteiger partial charge in [-0.25, -0.2) is 0 Å². The third-order valence-electron chi connectivity index (χ3n) is 1.21. The van der Waals surface area contributed by atoms with Gasteiger partial charge in [-0.2, -0.15) is 38.0 Å². The van der Waals surface area contributed by atoms with E-state index in [-0.39, 0.29) is 0 Å². The van der Waals surface area contributed by atoms with Crippen LogP contribution in [0.2, 0.25) is 0 Å². The van der Waals surface area contributed by atoms with Gasteiger partial charge >= 0.3 is 6.16 Å². The zero-order valence-corrected chi connectivity index (χ0v) is 7.62. The van der Waals surface area contributed by atoms with Crippen molar-refractivity contribution < 1.29 is 14.5 Å². The van der Waals surface area contributed by atoms with Crippen molar-refractivity contribution in [2.45, 2.75) is 0 Å². The largest absolute Gasteiger partial charge is 0.552 e. The maximum absolute atomic E-state index is 11.1. The Morgan fingerprint density at radius 1 is 0.688 bits per heavy atom. The van der Waals surface area contributed by atoms with E-state index in [2.05, 4.69) is 65.0 Å². The van der Waals surface area contributed by atoms with Gasteiger partial charge in [0.2, 0.25) is 0 Å². The van der Waals surface area contributed by atoms with Crippen LogP contribution in [0.3, 0.4) is 0 Å². The Hall–Kier alpha value is -1.21. The molecule has 92 valence electrons. The lowest BCUT2D eigenvalue weighted by atomic mass is 11.4. The predicted octanol–water partition coefficient (Wildman–Crippen LogP) is -5.52. The maximum Gasteiger partial charge on any atom is 0.552 e. The highest BCUT2D eigenvalue weighted by molar-refractivity contribution is 5.58. The maximum atomic E-state index is 11.1. The minimum atomic E-state index is -1.05. The molecule has 2 aliphatic rings. The number of rotatable bonds is 2. The fourth-order valence-electron chi connectivity index (χ4n) is 0.690. The highest BCUT2D eigenvalue weighted by atomic mass is 16.9. The lowest BCUT2D eigenvalue weighted by Gasteiger charge is -2.29. The summed E-state index contributed by atoms with van der Waals surface area (Å²) in [6.45, 7) is 0. The van der Waals surface area contributed by atoms with Crippen LogP contribution in [-0.4, -0.2) is 16.7 Å². The first kappa shape index (κ1) is 11.3. The second-order valence-corrected chi connectivity index (χ2v) is 2.22. The highest BCUT2D eigenvalue weighted by Gasteiger charge is 2.19. The molecule has 0 aromatic carbocycles. The van der Waals surface area contributed by atoms with Crippen LogP contribution in [0.4, 0.5) is 4.79 Å². The molecule has 2 heterocycles. The minimum Gasteiger partial charge on any atom is -0.300 e. The smallest absolute Gasteiger partial charge is 0.300 e. The molecule has 16 heavy (non-hydrogen) atoms. The zero-order chi connectivity index (χ0) is 11.2. The van der Waals surface area contributed by atoms with Crippen molar-refractivity contribution >= 4 is 6.16 Å². The van der Waals surface area contributed by atoms with Gasteiger partial charge in [-0.15, -0.1) is 22.1 Å². The Bertz CT molecular complexity index is 198. The summed E-state index contributed by atoms with van der Waals surface area (Å²) in [6, 6.07) is 0. The number of carbonyl (C=O) groups excluding carboxylic acids is 1. The van der Waals surface area contributed by atoms with Gasteiger partial charge in [0.1, 0.15) is 0 Å². The average Bonchev–Trinajstić information content (AvgIpc) is 2.31. The molecule has 2 rings (SSSR count). The van der Waals surface area contributed by atoms with Crippen molar-refractivity contribution in [3.63, 3.8) is 0 Å². The van der Waals surface area contributed by atoms with Crippen LogP contribution >= 0.6 is 0 Å². The molecule has 10 N–H and O–H groups in total. The Balaban J connectivity index is 1.66. The molecular formula is CH10N12O3. The normalized spacial score (nSPS) is 24.0. The van der Waals surface area contributed by atoms with E-state index in [1.807, 2.05) is 0 Å². The number of nitrogens with zero attached hydrogens (tertiary/aromatic N) is 2. The molecular weight excluding hydrogens is 228 g/mol. The van der Waals surface area contributed by atoms with Gasteiger partial charge in [-0.3, -0.25) is 9.68 Å². The van der Waals surface area contributed by atoms with Gasteiger partial charge < -0.3 is 0 Å². The summed E-state index contributed by atoms with van der Waals surface area (Å²) in [5.41, 5.74) is 23.8. The van der Waals surface area contributed by atoms with E-state index in [1.165, 1.54) is 0 Å². The molecule has 0 aromatic heterocycles. The molecule has 15 heteroatoms. The summed E-state index contributed by atoms with van der Waals surface area (Å²) < 4.78 is 0. The number of hydrogen-bond donors (Lipinski definition) is 10. The number of hydrogen-bond acceptors (Lipinski definition) is 15. The van der Waals surface area contributed by atoms with Gasteiger partial charge in [0.15, 0.2) is 0 Å². The third-order valence-corrected chi connectivity index (χ3v) is 1.21. The molecule has 2 aliphatic heterocycles. The standard InChI is InChI=1S/CH10N12O3/c14-1(15-12-8-4-2-5-9-12)16-13-10-6-3-7-11-13/h2-11H. The van der Waals surface area contributed by atoms with Crippen LogP contribution in [0.5, 0.6) is 0 Å². The molecule has 0 aromatic rings. The lowest BCUT2D eigenvalue weighted by Crippen LogP contribution is -2.74. The predicted molar refractivity (Wildman–Crippen MR) is 42.6 cm³/mol. The number of carbonyl (C=O) groups is 1. The first-order valence-corrected chi connectivity index (χ1v) is 3.87. The first-order valence-electron chi connectivity index (χ1n) is 3.87. The van der Waals surface area contributed by atoms with E-state index in [0.29, 0.717) is 0 Å². The SMILES string of the molecule is O=C(ON1NNNNN1)ON1NNNNN1. The summed E-state index contributed by atoms with van der Waals surface area (Å²) in [4.78, 5) is 20.3. The Morgan fingerprint density at radius 2 is 1.06 bits per heavy atom. The highest BCUT2D eigenvalue weighted by Crippen LogP contribution is 1.88. The van der Waals surface area contributed by atoms with Gasteiger partial charge in [-0.05, 0) is 0 Å². The summed E-state index contributed by atoms with van der Waals surface area (Å²) in [7, 11) is 0. The van der Waals surface area contributed by atoms with Crippen molar-refractivity contribution in [3.8, 4) is 0 Å². The third kappa shape index (κ3) is 3.42. The van der Waals surface area contributed by atoms with Crippen molar-refractivity contribution in [2.75, 3.05) is 0 Å². The fourth-order valence-corrected chi connectivity index (χ4v) is 0.690. The van der Waals surface area contributed by atoms with Gasteiger partial charge in [0.05, 0.1) is 0 Å². The van der Waals surface area contributed by atoms with Crippen LogP contribution in [0.25, 0.3) is 0 Å². The Morgan fingerprint density at radius 3 is 1.44 bits per heavy atom.